The van der Waals surface area contributed by atoms with Crippen LogP contribution in [0.5, 0.6) is 0 Å². The predicted molar refractivity (Wildman–Crippen MR) is 103 cm³/mol. The first-order valence-electron chi connectivity index (χ1n) is 8.27. The quantitative estimate of drug-likeness (QED) is 0.543. The van der Waals surface area contributed by atoms with Crippen molar-refractivity contribution in [3.05, 3.63) is 98.1 Å². The number of hydrogen-bond acceptors (Lipinski definition) is 2. The van der Waals surface area contributed by atoms with Crippen molar-refractivity contribution >= 4 is 27.5 Å². The second kappa shape index (κ2) is 8.20. The smallest absolute Gasteiger partial charge is 0.319 e. The highest BCUT2D eigenvalue weighted by molar-refractivity contribution is 9.10. The Bertz CT molecular complexity index is 1110. The second-order valence-corrected chi connectivity index (χ2v) is 7.04. The van der Waals surface area contributed by atoms with Crippen LogP contribution in [0.2, 0.25) is 0 Å². The Morgan fingerprint density at radius 1 is 1.07 bits per heavy atom. The van der Waals surface area contributed by atoms with Gasteiger partial charge in [-0.3, -0.25) is 9.59 Å². The fourth-order valence-corrected chi connectivity index (χ4v) is 2.94. The third-order valence-corrected chi connectivity index (χ3v) is 4.57. The molecule has 0 saturated carbocycles. The maximum absolute atomic E-state index is 13.9. The molecule has 1 heterocycles. The zero-order valence-corrected chi connectivity index (χ0v) is 16.2. The molecule has 0 radical (unpaired) electrons. The van der Waals surface area contributed by atoms with E-state index in [0.717, 1.165) is 12.1 Å². The van der Waals surface area contributed by atoms with E-state index in [1.165, 1.54) is 53.2 Å². The minimum atomic E-state index is -4.45. The molecule has 1 N–H and O–H groups in total. The molecular formula is C20H13BrF4N2O2. The summed E-state index contributed by atoms with van der Waals surface area (Å²) < 4.78 is 53.5. The van der Waals surface area contributed by atoms with Gasteiger partial charge >= 0.3 is 6.18 Å². The van der Waals surface area contributed by atoms with Gasteiger partial charge in [-0.25, -0.2) is 4.39 Å². The molecule has 9 heteroatoms. The van der Waals surface area contributed by atoms with Crippen LogP contribution >= 0.6 is 15.9 Å². The number of carbonyl (C=O) groups is 1. The van der Waals surface area contributed by atoms with E-state index in [0.29, 0.717) is 10.0 Å². The monoisotopic (exact) mass is 468 g/mol. The van der Waals surface area contributed by atoms with E-state index in [4.69, 9.17) is 0 Å². The Morgan fingerprint density at radius 3 is 2.38 bits per heavy atom. The number of alkyl halides is 3. The lowest BCUT2D eigenvalue weighted by atomic mass is 10.1. The van der Waals surface area contributed by atoms with Crippen molar-refractivity contribution in [3.8, 4) is 0 Å². The van der Waals surface area contributed by atoms with Crippen LogP contribution in [0.1, 0.15) is 21.5 Å². The van der Waals surface area contributed by atoms with Gasteiger partial charge in [-0.2, -0.15) is 13.2 Å². The molecule has 0 aliphatic heterocycles. The van der Waals surface area contributed by atoms with Crippen LogP contribution in [0, 0.1) is 5.82 Å². The fraction of sp³-hybridized carbons (Fsp3) is 0.100. The summed E-state index contributed by atoms with van der Waals surface area (Å²) in [5.41, 5.74) is -1.30. The fourth-order valence-electron chi connectivity index (χ4n) is 2.61. The molecule has 0 unspecified atom stereocenters. The predicted octanol–water partition coefficient (Wildman–Crippen LogP) is 5.07. The molecule has 0 bridgehead atoms. The summed E-state index contributed by atoms with van der Waals surface area (Å²) >= 11 is 3.11. The topological polar surface area (TPSA) is 51.1 Å². The molecule has 0 fully saturated rings. The molecule has 4 nitrogen and oxygen atoms in total. The number of hydrogen-bond donors (Lipinski definition) is 1. The average molecular weight is 469 g/mol. The van der Waals surface area contributed by atoms with Gasteiger partial charge in [-0.15, -0.1) is 0 Å². The maximum Gasteiger partial charge on any atom is 0.416 e. The molecule has 0 aliphatic carbocycles. The van der Waals surface area contributed by atoms with E-state index in [2.05, 4.69) is 21.2 Å². The molecule has 0 aliphatic rings. The summed E-state index contributed by atoms with van der Waals surface area (Å²) in [5, 5.41) is 2.34. The van der Waals surface area contributed by atoms with Gasteiger partial charge in [0.15, 0.2) is 0 Å². The van der Waals surface area contributed by atoms with E-state index in [1.807, 2.05) is 0 Å². The van der Waals surface area contributed by atoms with Gasteiger partial charge in [-0.1, -0.05) is 28.1 Å². The van der Waals surface area contributed by atoms with Gasteiger partial charge < -0.3 is 9.88 Å². The van der Waals surface area contributed by atoms with Crippen molar-refractivity contribution in [1.82, 2.24) is 4.57 Å². The van der Waals surface area contributed by atoms with Gasteiger partial charge in [-0.05, 0) is 48.0 Å². The molecule has 0 saturated heterocycles. The second-order valence-electron chi connectivity index (χ2n) is 6.13. The van der Waals surface area contributed by atoms with Crippen LogP contribution in [0.15, 0.2) is 70.1 Å². The number of pyridine rings is 1. The number of amides is 1. The standard InChI is InChI=1S/C20H13BrF4N2O2/c21-14-7-8-17(16(22)10-14)26-18(28)15-2-1-9-27(19(15)29)11-12-3-5-13(6-4-12)20(23,24)25/h1-10H,11H2,(H,26,28). The van der Waals surface area contributed by atoms with E-state index in [9.17, 15) is 27.2 Å². The molecule has 0 atom stereocenters. The molecule has 1 aromatic heterocycles. The van der Waals surface area contributed by atoms with Crippen molar-refractivity contribution < 1.29 is 22.4 Å². The molecule has 150 valence electrons. The first-order chi connectivity index (χ1) is 13.6. The number of halogens is 5. The summed E-state index contributed by atoms with van der Waals surface area (Å²) in [6.07, 6.45) is -3.04. The van der Waals surface area contributed by atoms with Gasteiger partial charge in [0.1, 0.15) is 11.4 Å². The summed E-state index contributed by atoms with van der Waals surface area (Å²) in [4.78, 5) is 25.0. The minimum Gasteiger partial charge on any atom is -0.319 e. The van der Waals surface area contributed by atoms with Gasteiger partial charge in [0.05, 0.1) is 17.8 Å². The molecule has 29 heavy (non-hydrogen) atoms. The molecule has 2 aromatic carbocycles. The Morgan fingerprint density at radius 2 is 1.76 bits per heavy atom. The van der Waals surface area contributed by atoms with Gasteiger partial charge in [0, 0.05) is 10.7 Å². The van der Waals surface area contributed by atoms with Crippen molar-refractivity contribution in [2.45, 2.75) is 12.7 Å². The highest BCUT2D eigenvalue weighted by atomic mass is 79.9. The maximum atomic E-state index is 13.9. The largest absolute Gasteiger partial charge is 0.416 e. The highest BCUT2D eigenvalue weighted by Crippen LogP contribution is 2.29. The van der Waals surface area contributed by atoms with Crippen molar-refractivity contribution in [3.63, 3.8) is 0 Å². The third kappa shape index (κ3) is 4.92. The van der Waals surface area contributed by atoms with Crippen LogP contribution in [-0.2, 0) is 12.7 Å². The summed E-state index contributed by atoms with van der Waals surface area (Å²) in [7, 11) is 0. The van der Waals surface area contributed by atoms with E-state index in [1.54, 1.807) is 0 Å². The zero-order chi connectivity index (χ0) is 21.2. The summed E-state index contributed by atoms with van der Waals surface area (Å²) in [6, 6.07) is 11.2. The van der Waals surface area contributed by atoms with E-state index >= 15 is 0 Å². The van der Waals surface area contributed by atoms with Crippen LogP contribution in [0.3, 0.4) is 0 Å². The average Bonchev–Trinajstić information content (AvgIpc) is 2.65. The SMILES string of the molecule is O=C(Nc1ccc(Br)cc1F)c1cccn(Cc2ccc(C(F)(F)F)cc2)c1=O. The molecule has 3 aromatic rings. The number of nitrogens with one attached hydrogen (secondary N) is 1. The number of anilines is 1. The van der Waals surface area contributed by atoms with Crippen LogP contribution < -0.4 is 10.9 Å². The molecule has 1 amide bonds. The molecule has 0 spiro atoms. The van der Waals surface area contributed by atoms with Crippen LogP contribution in [0.4, 0.5) is 23.2 Å². The lowest BCUT2D eigenvalue weighted by Gasteiger charge is -2.11. The normalized spacial score (nSPS) is 11.3. The third-order valence-electron chi connectivity index (χ3n) is 4.08. The Labute approximate surface area is 170 Å². The minimum absolute atomic E-state index is 0.0231. The Hall–Kier alpha value is -2.94. The van der Waals surface area contributed by atoms with Crippen molar-refractivity contribution in [2.75, 3.05) is 5.32 Å². The number of aromatic nitrogens is 1. The summed E-state index contributed by atoms with van der Waals surface area (Å²) in [6.45, 7) is -0.0231. The van der Waals surface area contributed by atoms with Crippen molar-refractivity contribution in [2.24, 2.45) is 0 Å². The van der Waals surface area contributed by atoms with Crippen LogP contribution in [0.25, 0.3) is 0 Å². The zero-order valence-electron chi connectivity index (χ0n) is 14.6. The number of rotatable bonds is 4. The van der Waals surface area contributed by atoms with E-state index in [-0.39, 0.29) is 17.8 Å². The van der Waals surface area contributed by atoms with Crippen molar-refractivity contribution in [1.29, 1.82) is 0 Å². The van der Waals surface area contributed by atoms with Gasteiger partial charge in [0.25, 0.3) is 11.5 Å². The summed E-state index contributed by atoms with van der Waals surface area (Å²) in [5.74, 6) is -1.47. The lowest BCUT2D eigenvalue weighted by molar-refractivity contribution is -0.137. The number of carbonyl (C=O) groups excluding carboxylic acids is 1. The van der Waals surface area contributed by atoms with E-state index < -0.39 is 29.0 Å². The molecular weight excluding hydrogens is 456 g/mol. The Kier molecular flexibility index (Phi) is 5.88. The Balaban J connectivity index is 1.82. The number of nitrogens with zero attached hydrogens (tertiary/aromatic N) is 1. The van der Waals surface area contributed by atoms with Crippen LogP contribution in [-0.4, -0.2) is 10.5 Å². The highest BCUT2D eigenvalue weighted by Gasteiger charge is 2.29. The first kappa shape index (κ1) is 20.8. The van der Waals surface area contributed by atoms with Gasteiger partial charge in [0.2, 0.25) is 0 Å². The first-order valence-corrected chi connectivity index (χ1v) is 9.06. The number of benzene rings is 2. The molecule has 3 rings (SSSR count). The lowest BCUT2D eigenvalue weighted by Crippen LogP contribution is -2.29.